The fraction of sp³-hybridized carbons (Fsp3) is 0.143. The lowest BCUT2D eigenvalue weighted by Gasteiger charge is -2.22. The second-order valence-electron chi connectivity index (χ2n) is 3.04. The van der Waals surface area contributed by atoms with Crippen molar-refractivity contribution in [3.8, 4) is 0 Å². The Labute approximate surface area is 101 Å². The van der Waals surface area contributed by atoms with Gasteiger partial charge < -0.3 is 9.86 Å². The third-order valence-corrected chi connectivity index (χ3v) is 4.69. The van der Waals surface area contributed by atoms with Crippen molar-refractivity contribution in [3.63, 3.8) is 0 Å². The van der Waals surface area contributed by atoms with Crippen LogP contribution in [0.3, 0.4) is 0 Å². The van der Waals surface area contributed by atoms with Gasteiger partial charge in [0.15, 0.2) is 10.0 Å². The van der Waals surface area contributed by atoms with Crippen molar-refractivity contribution in [3.05, 3.63) is 28.4 Å². The maximum Gasteiger partial charge on any atom is 0.480 e. The highest BCUT2D eigenvalue weighted by Crippen LogP contribution is 2.32. The Morgan fingerprint density at radius 1 is 1.00 bits per heavy atom. The standard InChI is InChI=1S/C7H6F3N2O4S2/c8-7(9,10)18(15,16)12-17(13,14)6-3-1-5(11)2-4-6/h1-4H,11H2/q-1. The number of alkyl halides is 3. The molecule has 0 spiro atoms. The van der Waals surface area contributed by atoms with E-state index in [9.17, 15) is 30.0 Å². The van der Waals surface area contributed by atoms with Gasteiger partial charge in [-0.05, 0) is 24.3 Å². The molecule has 0 fully saturated rings. The zero-order valence-corrected chi connectivity index (χ0v) is 10.1. The second-order valence-corrected chi connectivity index (χ2v) is 6.47. The minimum atomic E-state index is -6.11. The van der Waals surface area contributed by atoms with E-state index in [1.807, 2.05) is 4.13 Å². The molecule has 0 heterocycles. The highest BCUT2D eigenvalue weighted by Gasteiger charge is 2.40. The van der Waals surface area contributed by atoms with Gasteiger partial charge in [0.05, 0.1) is 0 Å². The molecule has 0 atom stereocenters. The van der Waals surface area contributed by atoms with Gasteiger partial charge in [0.2, 0.25) is 0 Å². The van der Waals surface area contributed by atoms with Gasteiger partial charge in [-0.25, -0.2) is 16.8 Å². The topological polar surface area (TPSA) is 108 Å². The van der Waals surface area contributed by atoms with Crippen molar-refractivity contribution in [2.45, 2.75) is 10.4 Å². The average molecular weight is 303 g/mol. The zero-order valence-electron chi connectivity index (χ0n) is 8.42. The van der Waals surface area contributed by atoms with E-state index in [2.05, 4.69) is 0 Å². The summed E-state index contributed by atoms with van der Waals surface area (Å²) in [4.78, 5) is -0.704. The van der Waals surface area contributed by atoms with Crippen LogP contribution in [0, 0.1) is 0 Å². The van der Waals surface area contributed by atoms with Crippen LogP contribution in [-0.4, -0.2) is 22.3 Å². The Bertz CT molecular complexity index is 634. The molecule has 0 aromatic heterocycles. The van der Waals surface area contributed by atoms with Gasteiger partial charge >= 0.3 is 5.51 Å². The number of nitrogens with two attached hydrogens (primary N) is 1. The predicted molar refractivity (Wildman–Crippen MR) is 56.4 cm³/mol. The highest BCUT2D eigenvalue weighted by atomic mass is 32.3. The van der Waals surface area contributed by atoms with Gasteiger partial charge in [0.1, 0.15) is 10.0 Å². The van der Waals surface area contributed by atoms with E-state index in [1.54, 1.807) is 0 Å². The van der Waals surface area contributed by atoms with E-state index in [4.69, 9.17) is 5.73 Å². The normalized spacial score (nSPS) is 13.5. The smallest absolute Gasteiger partial charge is 0.424 e. The Hall–Kier alpha value is -1.33. The molecule has 2 N–H and O–H groups in total. The number of sulfonamides is 2. The highest BCUT2D eigenvalue weighted by molar-refractivity contribution is 8.12. The summed E-state index contributed by atoms with van der Waals surface area (Å²) in [5.74, 6) is 0. The molecule has 102 valence electrons. The molecule has 0 aliphatic heterocycles. The quantitative estimate of drug-likeness (QED) is 0.843. The third kappa shape index (κ3) is 3.11. The van der Waals surface area contributed by atoms with Crippen LogP contribution in [0.4, 0.5) is 18.9 Å². The molecular formula is C7H6F3N2O4S2-. The largest absolute Gasteiger partial charge is 0.480 e. The maximum absolute atomic E-state index is 12.0. The predicted octanol–water partition coefficient (Wildman–Crippen LogP) is 1.18. The molecule has 0 bridgehead atoms. The van der Waals surface area contributed by atoms with Crippen molar-refractivity contribution >= 4 is 25.7 Å². The van der Waals surface area contributed by atoms with Crippen LogP contribution in [0.5, 0.6) is 0 Å². The van der Waals surface area contributed by atoms with E-state index < -0.39 is 30.5 Å². The number of benzene rings is 1. The Kier molecular flexibility index (Phi) is 3.60. The van der Waals surface area contributed by atoms with Crippen LogP contribution >= 0.6 is 0 Å². The van der Waals surface area contributed by atoms with Crippen molar-refractivity contribution in [2.75, 3.05) is 5.73 Å². The summed E-state index contributed by atoms with van der Waals surface area (Å²) in [7, 11) is -11.1. The molecule has 0 amide bonds. The molecule has 1 rings (SSSR count). The van der Waals surface area contributed by atoms with E-state index in [-0.39, 0.29) is 5.69 Å². The molecule has 0 saturated heterocycles. The van der Waals surface area contributed by atoms with Gasteiger partial charge in [0, 0.05) is 10.6 Å². The number of nitrogen functional groups attached to an aromatic ring is 1. The average Bonchev–Trinajstić information content (AvgIpc) is 2.14. The fourth-order valence-electron chi connectivity index (χ4n) is 0.854. The second kappa shape index (κ2) is 4.40. The lowest BCUT2D eigenvalue weighted by molar-refractivity contribution is -0.0425. The van der Waals surface area contributed by atoms with E-state index >= 15 is 0 Å². The lowest BCUT2D eigenvalue weighted by Crippen LogP contribution is -2.24. The van der Waals surface area contributed by atoms with Crippen molar-refractivity contribution in [1.29, 1.82) is 0 Å². The van der Waals surface area contributed by atoms with Crippen LogP contribution < -0.4 is 5.73 Å². The van der Waals surface area contributed by atoms with Crippen LogP contribution in [0.2, 0.25) is 0 Å². The summed E-state index contributed by atoms with van der Waals surface area (Å²) in [6.07, 6.45) is 0. The van der Waals surface area contributed by atoms with Crippen LogP contribution in [-0.2, 0) is 20.0 Å². The first kappa shape index (κ1) is 14.7. The number of anilines is 1. The van der Waals surface area contributed by atoms with Gasteiger partial charge in [-0.3, -0.25) is 0 Å². The summed E-state index contributed by atoms with van der Waals surface area (Å²) < 4.78 is 81.7. The minimum absolute atomic E-state index is 0.160. The number of nitrogens with zero attached hydrogens (tertiary/aromatic N) is 1. The van der Waals surface area contributed by atoms with Crippen LogP contribution in [0.25, 0.3) is 4.13 Å². The van der Waals surface area contributed by atoms with Crippen LogP contribution in [0.15, 0.2) is 29.2 Å². The molecular weight excluding hydrogens is 297 g/mol. The van der Waals surface area contributed by atoms with Gasteiger partial charge in [-0.1, -0.05) is 0 Å². The molecule has 0 aliphatic rings. The SMILES string of the molecule is Nc1ccc(S(=O)(=O)[N-]S(=O)(=O)C(F)(F)F)cc1. The molecule has 0 saturated carbocycles. The number of hydrogen-bond donors (Lipinski definition) is 1. The summed E-state index contributed by atoms with van der Waals surface area (Å²) in [5.41, 5.74) is -0.367. The molecule has 1 aromatic carbocycles. The molecule has 6 nitrogen and oxygen atoms in total. The molecule has 1 aromatic rings. The van der Waals surface area contributed by atoms with Crippen molar-refractivity contribution in [2.24, 2.45) is 0 Å². The fourth-order valence-corrected chi connectivity index (χ4v) is 3.05. The lowest BCUT2D eigenvalue weighted by atomic mass is 10.3. The first-order valence-corrected chi connectivity index (χ1v) is 7.00. The molecule has 18 heavy (non-hydrogen) atoms. The Morgan fingerprint density at radius 3 is 1.83 bits per heavy atom. The summed E-state index contributed by atoms with van der Waals surface area (Å²) in [5, 5.41) is 0. The van der Waals surface area contributed by atoms with Gasteiger partial charge in [-0.2, -0.15) is 13.2 Å². The Morgan fingerprint density at radius 2 is 1.44 bits per heavy atom. The minimum Gasteiger partial charge on any atom is -0.424 e. The summed E-state index contributed by atoms with van der Waals surface area (Å²) in [6, 6.07) is 3.87. The van der Waals surface area contributed by atoms with E-state index in [0.717, 1.165) is 24.3 Å². The van der Waals surface area contributed by atoms with Crippen molar-refractivity contribution < 1.29 is 30.0 Å². The van der Waals surface area contributed by atoms with Gasteiger partial charge in [-0.15, -0.1) is 0 Å². The Balaban J connectivity index is 3.15. The van der Waals surface area contributed by atoms with E-state index in [0.29, 0.717) is 0 Å². The zero-order chi connectivity index (χ0) is 14.2. The summed E-state index contributed by atoms with van der Waals surface area (Å²) >= 11 is 0. The number of rotatable bonds is 3. The molecule has 11 heteroatoms. The third-order valence-electron chi connectivity index (χ3n) is 1.67. The first-order chi connectivity index (χ1) is 7.96. The maximum atomic E-state index is 12.0. The summed E-state index contributed by atoms with van der Waals surface area (Å²) in [6.45, 7) is 0. The molecule has 0 aliphatic carbocycles. The van der Waals surface area contributed by atoms with Crippen LogP contribution in [0.1, 0.15) is 0 Å². The monoisotopic (exact) mass is 303 g/mol. The number of hydrogen-bond acceptors (Lipinski definition) is 5. The van der Waals surface area contributed by atoms with Gasteiger partial charge in [0.25, 0.3) is 0 Å². The first-order valence-electron chi connectivity index (χ1n) is 4.12. The molecule has 0 unspecified atom stereocenters. The molecule has 0 radical (unpaired) electrons. The van der Waals surface area contributed by atoms with E-state index in [1.165, 1.54) is 0 Å². The number of halogens is 3. The van der Waals surface area contributed by atoms with Crippen molar-refractivity contribution in [1.82, 2.24) is 0 Å².